The zero-order chi connectivity index (χ0) is 18.4. The molecule has 0 unspecified atom stereocenters. The molecule has 5 nitrogen and oxygen atoms in total. The van der Waals surface area contributed by atoms with E-state index >= 15 is 0 Å². The number of aryl methyl sites for hydroxylation is 2. The van der Waals surface area contributed by atoms with Gasteiger partial charge in [0.05, 0.1) is 11.4 Å². The molecule has 6 heteroatoms. The van der Waals surface area contributed by atoms with Gasteiger partial charge in [-0.1, -0.05) is 36.8 Å². The van der Waals surface area contributed by atoms with Crippen molar-refractivity contribution in [2.45, 2.75) is 25.2 Å². The van der Waals surface area contributed by atoms with Gasteiger partial charge < -0.3 is 10.2 Å². The summed E-state index contributed by atoms with van der Waals surface area (Å²) in [5.74, 6) is -0.741. The first-order valence-corrected chi connectivity index (χ1v) is 9.83. The zero-order valence-electron chi connectivity index (χ0n) is 14.8. The largest absolute Gasteiger partial charge is 0.365 e. The Labute approximate surface area is 149 Å². The van der Waals surface area contributed by atoms with E-state index in [1.165, 1.54) is 5.56 Å². The Balaban J connectivity index is 1.91. The van der Waals surface area contributed by atoms with Gasteiger partial charge >= 0.3 is 0 Å². The first kappa shape index (κ1) is 19.0. The van der Waals surface area contributed by atoms with Gasteiger partial charge in [-0.15, -0.1) is 0 Å². The van der Waals surface area contributed by atoms with Crippen molar-refractivity contribution >= 4 is 21.4 Å². The molecule has 0 spiro atoms. The number of hydrogen-bond acceptors (Lipinski definition) is 4. The first-order valence-electron chi connectivity index (χ1n) is 8.18. The van der Waals surface area contributed by atoms with Gasteiger partial charge in [0, 0.05) is 12.7 Å². The van der Waals surface area contributed by atoms with E-state index in [2.05, 4.69) is 12.2 Å². The number of sulfone groups is 1. The fraction of sp³-hybridized carbons (Fsp3) is 0.316. The lowest BCUT2D eigenvalue weighted by Crippen LogP contribution is -2.37. The Bertz CT molecular complexity index is 813. The van der Waals surface area contributed by atoms with Crippen molar-refractivity contribution in [1.82, 2.24) is 5.32 Å². The Morgan fingerprint density at radius 2 is 1.64 bits per heavy atom. The third kappa shape index (κ3) is 5.32. The molecule has 0 aliphatic rings. The highest BCUT2D eigenvalue weighted by molar-refractivity contribution is 7.91. The molecule has 25 heavy (non-hydrogen) atoms. The molecule has 0 aliphatic carbocycles. The van der Waals surface area contributed by atoms with E-state index in [0.29, 0.717) is 0 Å². The van der Waals surface area contributed by atoms with Crippen LogP contribution in [-0.2, 0) is 21.1 Å². The molecule has 0 atom stereocenters. The number of nitrogens with one attached hydrogen (secondary N) is 1. The molecule has 2 rings (SSSR count). The van der Waals surface area contributed by atoms with Gasteiger partial charge in [0.1, 0.15) is 5.88 Å². The molecular formula is C19H24N2O3S. The van der Waals surface area contributed by atoms with Crippen LogP contribution in [0.4, 0.5) is 5.69 Å². The maximum Gasteiger partial charge on any atom is 0.240 e. The van der Waals surface area contributed by atoms with Crippen LogP contribution in [0.15, 0.2) is 53.4 Å². The number of nitrogens with zero attached hydrogens (tertiary/aromatic N) is 1. The quantitative estimate of drug-likeness (QED) is 0.824. The minimum absolute atomic E-state index is 0.0922. The van der Waals surface area contributed by atoms with E-state index in [9.17, 15) is 13.2 Å². The van der Waals surface area contributed by atoms with Crippen LogP contribution >= 0.6 is 0 Å². The smallest absolute Gasteiger partial charge is 0.240 e. The van der Waals surface area contributed by atoms with Crippen LogP contribution < -0.4 is 10.2 Å². The van der Waals surface area contributed by atoms with Crippen molar-refractivity contribution in [3.05, 3.63) is 59.7 Å². The second-order valence-electron chi connectivity index (χ2n) is 6.05. The summed E-state index contributed by atoms with van der Waals surface area (Å²) in [5.41, 5.74) is 3.12. The van der Waals surface area contributed by atoms with Crippen molar-refractivity contribution in [3.8, 4) is 0 Å². The second kappa shape index (κ2) is 8.16. The highest BCUT2D eigenvalue weighted by atomic mass is 32.2. The lowest BCUT2D eigenvalue weighted by molar-refractivity contribution is -0.119. The van der Waals surface area contributed by atoms with Crippen molar-refractivity contribution < 1.29 is 13.2 Å². The highest BCUT2D eigenvalue weighted by Crippen LogP contribution is 2.14. The minimum atomic E-state index is -3.53. The molecule has 0 saturated heterocycles. The summed E-state index contributed by atoms with van der Waals surface area (Å²) in [6.07, 6.45) is 0.960. The third-order valence-corrected chi connectivity index (χ3v) is 5.52. The number of hydrogen-bond donors (Lipinski definition) is 1. The van der Waals surface area contributed by atoms with E-state index in [1.807, 2.05) is 31.2 Å². The molecule has 1 amide bonds. The van der Waals surface area contributed by atoms with Gasteiger partial charge in [0.2, 0.25) is 5.91 Å². The number of amides is 1. The van der Waals surface area contributed by atoms with Gasteiger partial charge in [0.15, 0.2) is 9.84 Å². The van der Waals surface area contributed by atoms with Crippen molar-refractivity contribution in [1.29, 1.82) is 0 Å². The van der Waals surface area contributed by atoms with Gasteiger partial charge in [-0.05, 0) is 43.2 Å². The summed E-state index contributed by atoms with van der Waals surface area (Å²) in [6, 6.07) is 14.5. The molecule has 134 valence electrons. The van der Waals surface area contributed by atoms with Crippen LogP contribution in [0, 0.1) is 6.92 Å². The van der Waals surface area contributed by atoms with E-state index in [-0.39, 0.29) is 17.3 Å². The summed E-state index contributed by atoms with van der Waals surface area (Å²) in [7, 11) is -1.73. The standard InChI is InChI=1S/C19H24N2O3S/c1-4-16-7-9-17(10-8-16)21(3)13-19(22)20-14-25(23,24)18-11-5-15(2)6-12-18/h5-12H,4,13-14H2,1-3H3,(H,20,22). The highest BCUT2D eigenvalue weighted by Gasteiger charge is 2.16. The SMILES string of the molecule is CCc1ccc(N(C)CC(=O)NCS(=O)(=O)c2ccc(C)cc2)cc1. The molecule has 0 aliphatic heterocycles. The molecule has 0 saturated carbocycles. The topological polar surface area (TPSA) is 66.5 Å². The zero-order valence-corrected chi connectivity index (χ0v) is 15.6. The number of benzene rings is 2. The number of carbonyl (C=O) groups is 1. The molecule has 0 bridgehead atoms. The van der Waals surface area contributed by atoms with Gasteiger partial charge in [0.25, 0.3) is 0 Å². The van der Waals surface area contributed by atoms with Crippen molar-refractivity contribution in [2.24, 2.45) is 0 Å². The van der Waals surface area contributed by atoms with Crippen LogP contribution in [0.25, 0.3) is 0 Å². The third-order valence-electron chi connectivity index (χ3n) is 4.01. The monoisotopic (exact) mass is 360 g/mol. The van der Waals surface area contributed by atoms with Crippen molar-refractivity contribution in [2.75, 3.05) is 24.4 Å². The van der Waals surface area contributed by atoms with Crippen LogP contribution in [-0.4, -0.2) is 33.8 Å². The predicted molar refractivity (Wildman–Crippen MR) is 100 cm³/mol. The maximum atomic E-state index is 12.2. The van der Waals surface area contributed by atoms with E-state index < -0.39 is 15.7 Å². The summed E-state index contributed by atoms with van der Waals surface area (Å²) in [4.78, 5) is 14.1. The van der Waals surface area contributed by atoms with E-state index in [4.69, 9.17) is 0 Å². The Morgan fingerprint density at radius 3 is 2.20 bits per heavy atom. The second-order valence-corrected chi connectivity index (χ2v) is 8.04. The summed E-state index contributed by atoms with van der Waals surface area (Å²) in [5, 5.41) is 2.49. The molecule has 0 aromatic heterocycles. The lowest BCUT2D eigenvalue weighted by Gasteiger charge is -2.19. The van der Waals surface area contributed by atoms with E-state index in [0.717, 1.165) is 17.7 Å². The van der Waals surface area contributed by atoms with Crippen LogP contribution in [0.5, 0.6) is 0 Å². The average Bonchev–Trinajstić information content (AvgIpc) is 2.60. The summed E-state index contributed by atoms with van der Waals surface area (Å²) in [6.45, 7) is 4.07. The van der Waals surface area contributed by atoms with Crippen LogP contribution in [0.1, 0.15) is 18.1 Å². The Kier molecular flexibility index (Phi) is 6.20. The molecular weight excluding hydrogens is 336 g/mol. The number of rotatable bonds is 7. The summed E-state index contributed by atoms with van der Waals surface area (Å²) >= 11 is 0. The normalized spacial score (nSPS) is 11.2. The van der Waals surface area contributed by atoms with Crippen LogP contribution in [0.2, 0.25) is 0 Å². The predicted octanol–water partition coefficient (Wildman–Crippen LogP) is 2.54. The Hall–Kier alpha value is -2.34. The van der Waals surface area contributed by atoms with Crippen LogP contribution in [0.3, 0.4) is 0 Å². The molecule has 0 fully saturated rings. The minimum Gasteiger partial charge on any atom is -0.365 e. The van der Waals surface area contributed by atoms with Gasteiger partial charge in [-0.25, -0.2) is 8.42 Å². The van der Waals surface area contributed by atoms with Gasteiger partial charge in [-0.3, -0.25) is 4.79 Å². The molecule has 0 radical (unpaired) electrons. The van der Waals surface area contributed by atoms with Crippen molar-refractivity contribution in [3.63, 3.8) is 0 Å². The maximum absolute atomic E-state index is 12.2. The van der Waals surface area contributed by atoms with E-state index in [1.54, 1.807) is 36.2 Å². The number of anilines is 1. The number of likely N-dealkylation sites (N-methyl/N-ethyl adjacent to an activating group) is 1. The lowest BCUT2D eigenvalue weighted by atomic mass is 10.1. The fourth-order valence-corrected chi connectivity index (χ4v) is 3.42. The average molecular weight is 360 g/mol. The summed E-state index contributed by atoms with van der Waals surface area (Å²) < 4.78 is 24.5. The molecule has 1 N–H and O–H groups in total. The first-order chi connectivity index (χ1) is 11.8. The molecule has 0 heterocycles. The molecule has 2 aromatic carbocycles. The molecule has 2 aromatic rings. The Morgan fingerprint density at radius 1 is 1.04 bits per heavy atom. The fourth-order valence-electron chi connectivity index (χ4n) is 2.35. The number of carbonyl (C=O) groups excluding carboxylic acids is 1. The van der Waals surface area contributed by atoms with Gasteiger partial charge in [-0.2, -0.15) is 0 Å².